The highest BCUT2D eigenvalue weighted by Crippen LogP contribution is 2.10. The summed E-state index contributed by atoms with van der Waals surface area (Å²) in [5, 5.41) is 6.32. The van der Waals surface area contributed by atoms with E-state index in [0.717, 1.165) is 31.6 Å². The van der Waals surface area contributed by atoms with Crippen LogP contribution in [0.5, 0.6) is 0 Å². The summed E-state index contributed by atoms with van der Waals surface area (Å²) in [6.45, 7) is 6.93. The molecule has 2 N–H and O–H groups in total. The Hall–Kier alpha value is -0.540. The number of piperidine rings is 1. The SMILES string of the molecule is CC/C=C(\C)C(=O)NCC1CCNCC1.Cl. The van der Waals surface area contributed by atoms with Gasteiger partial charge in [0.25, 0.3) is 0 Å². The van der Waals surface area contributed by atoms with Crippen LogP contribution in [-0.4, -0.2) is 25.5 Å². The fourth-order valence-corrected chi connectivity index (χ4v) is 1.86. The first-order valence-electron chi connectivity index (χ1n) is 5.89. The molecule has 0 atom stereocenters. The lowest BCUT2D eigenvalue weighted by atomic mass is 9.98. The first kappa shape index (κ1) is 15.5. The molecule has 94 valence electrons. The van der Waals surface area contributed by atoms with Crippen LogP contribution in [0.4, 0.5) is 0 Å². The lowest BCUT2D eigenvalue weighted by Gasteiger charge is -2.22. The Morgan fingerprint density at radius 3 is 2.62 bits per heavy atom. The van der Waals surface area contributed by atoms with Gasteiger partial charge in [0, 0.05) is 12.1 Å². The minimum absolute atomic E-state index is 0. The summed E-state index contributed by atoms with van der Waals surface area (Å²) in [5.74, 6) is 0.750. The van der Waals surface area contributed by atoms with E-state index in [4.69, 9.17) is 0 Å². The number of amides is 1. The maximum atomic E-state index is 11.6. The molecule has 1 rings (SSSR count). The molecule has 0 aliphatic carbocycles. The van der Waals surface area contributed by atoms with Gasteiger partial charge in [-0.2, -0.15) is 0 Å². The standard InChI is InChI=1S/C12H22N2O.ClH/c1-3-4-10(2)12(15)14-9-11-5-7-13-8-6-11;/h4,11,13H,3,5-9H2,1-2H3,(H,14,15);1H/b10-4+;. The second-order valence-electron chi connectivity index (χ2n) is 4.20. The molecule has 1 aliphatic rings. The van der Waals surface area contributed by atoms with Crippen LogP contribution in [0.15, 0.2) is 11.6 Å². The normalized spacial score (nSPS) is 17.8. The van der Waals surface area contributed by atoms with Crippen molar-refractivity contribution in [3.63, 3.8) is 0 Å². The van der Waals surface area contributed by atoms with E-state index in [1.165, 1.54) is 12.8 Å². The van der Waals surface area contributed by atoms with Gasteiger partial charge in [-0.25, -0.2) is 0 Å². The van der Waals surface area contributed by atoms with Crippen molar-refractivity contribution < 1.29 is 4.79 Å². The number of allylic oxidation sites excluding steroid dienone is 1. The summed E-state index contributed by atoms with van der Waals surface area (Å²) in [4.78, 5) is 11.6. The molecule has 0 unspecified atom stereocenters. The molecule has 0 saturated carbocycles. The van der Waals surface area contributed by atoms with E-state index < -0.39 is 0 Å². The quantitative estimate of drug-likeness (QED) is 0.744. The highest BCUT2D eigenvalue weighted by Gasteiger charge is 2.13. The molecule has 0 aromatic heterocycles. The Labute approximate surface area is 104 Å². The van der Waals surface area contributed by atoms with Crippen LogP contribution in [-0.2, 0) is 4.79 Å². The fraction of sp³-hybridized carbons (Fsp3) is 0.750. The lowest BCUT2D eigenvalue weighted by Crippen LogP contribution is -2.36. The van der Waals surface area contributed by atoms with Gasteiger partial charge in [-0.1, -0.05) is 13.0 Å². The minimum atomic E-state index is 0. The molecule has 1 aliphatic heterocycles. The number of hydrogen-bond donors (Lipinski definition) is 2. The third-order valence-electron chi connectivity index (χ3n) is 2.88. The van der Waals surface area contributed by atoms with Crippen LogP contribution in [0.2, 0.25) is 0 Å². The molecule has 1 amide bonds. The maximum absolute atomic E-state index is 11.6. The molecule has 3 nitrogen and oxygen atoms in total. The van der Waals surface area contributed by atoms with Gasteiger partial charge >= 0.3 is 0 Å². The number of halogens is 1. The van der Waals surface area contributed by atoms with Crippen molar-refractivity contribution in [2.75, 3.05) is 19.6 Å². The molecule has 1 heterocycles. The predicted octanol–water partition coefficient (Wildman–Crippen LogP) is 1.88. The Kier molecular flexibility index (Phi) is 8.30. The summed E-state index contributed by atoms with van der Waals surface area (Å²) >= 11 is 0. The summed E-state index contributed by atoms with van der Waals surface area (Å²) < 4.78 is 0. The van der Waals surface area contributed by atoms with E-state index in [2.05, 4.69) is 10.6 Å². The van der Waals surface area contributed by atoms with Crippen LogP contribution < -0.4 is 10.6 Å². The minimum Gasteiger partial charge on any atom is -0.352 e. The van der Waals surface area contributed by atoms with Crippen molar-refractivity contribution in [3.05, 3.63) is 11.6 Å². The first-order chi connectivity index (χ1) is 7.24. The van der Waals surface area contributed by atoms with Gasteiger partial charge < -0.3 is 10.6 Å². The molecule has 0 spiro atoms. The van der Waals surface area contributed by atoms with Crippen molar-refractivity contribution in [2.24, 2.45) is 5.92 Å². The number of hydrogen-bond acceptors (Lipinski definition) is 2. The predicted molar refractivity (Wildman–Crippen MR) is 69.9 cm³/mol. The summed E-state index contributed by atoms with van der Waals surface area (Å²) in [6, 6.07) is 0. The van der Waals surface area contributed by atoms with Crippen molar-refractivity contribution >= 4 is 18.3 Å². The summed E-state index contributed by atoms with van der Waals surface area (Å²) in [6.07, 6.45) is 5.25. The molecule has 16 heavy (non-hydrogen) atoms. The van der Waals surface area contributed by atoms with Crippen molar-refractivity contribution in [3.8, 4) is 0 Å². The molecule has 0 aromatic carbocycles. The Bertz CT molecular complexity index is 235. The van der Waals surface area contributed by atoms with Crippen LogP contribution in [0.1, 0.15) is 33.1 Å². The monoisotopic (exact) mass is 246 g/mol. The van der Waals surface area contributed by atoms with Gasteiger partial charge in [0.15, 0.2) is 0 Å². The number of rotatable bonds is 4. The van der Waals surface area contributed by atoms with Gasteiger partial charge in [0.2, 0.25) is 5.91 Å². The van der Waals surface area contributed by atoms with E-state index in [9.17, 15) is 4.79 Å². The smallest absolute Gasteiger partial charge is 0.246 e. The zero-order chi connectivity index (χ0) is 11.1. The first-order valence-corrected chi connectivity index (χ1v) is 5.89. The summed E-state index contributed by atoms with van der Waals surface area (Å²) in [5.41, 5.74) is 0.839. The highest BCUT2D eigenvalue weighted by molar-refractivity contribution is 5.92. The molecular formula is C12H23ClN2O. The molecule has 0 bridgehead atoms. The van der Waals surface area contributed by atoms with Gasteiger partial charge in [-0.05, 0) is 45.2 Å². The largest absolute Gasteiger partial charge is 0.352 e. The molecular weight excluding hydrogens is 224 g/mol. The average molecular weight is 247 g/mol. The van der Waals surface area contributed by atoms with Crippen LogP contribution >= 0.6 is 12.4 Å². The Morgan fingerprint density at radius 1 is 1.44 bits per heavy atom. The second kappa shape index (κ2) is 8.59. The molecule has 1 saturated heterocycles. The van der Waals surface area contributed by atoms with Crippen molar-refractivity contribution in [2.45, 2.75) is 33.1 Å². The topological polar surface area (TPSA) is 41.1 Å². The lowest BCUT2D eigenvalue weighted by molar-refractivity contribution is -0.117. The van der Waals surface area contributed by atoms with Gasteiger partial charge in [0.1, 0.15) is 0 Å². The second-order valence-corrected chi connectivity index (χ2v) is 4.20. The van der Waals surface area contributed by atoms with Gasteiger partial charge in [-0.15, -0.1) is 12.4 Å². The van der Waals surface area contributed by atoms with Crippen LogP contribution in [0, 0.1) is 5.92 Å². The van der Waals surface area contributed by atoms with Gasteiger partial charge in [0.05, 0.1) is 0 Å². The third kappa shape index (κ3) is 5.52. The van der Waals surface area contributed by atoms with E-state index in [1.54, 1.807) is 0 Å². The molecule has 4 heteroatoms. The maximum Gasteiger partial charge on any atom is 0.246 e. The number of nitrogens with one attached hydrogen (secondary N) is 2. The number of carbonyl (C=O) groups is 1. The summed E-state index contributed by atoms with van der Waals surface area (Å²) in [7, 11) is 0. The third-order valence-corrected chi connectivity index (χ3v) is 2.88. The van der Waals surface area contributed by atoms with E-state index in [-0.39, 0.29) is 18.3 Å². The van der Waals surface area contributed by atoms with Crippen LogP contribution in [0.3, 0.4) is 0 Å². The van der Waals surface area contributed by atoms with E-state index in [0.29, 0.717) is 5.92 Å². The molecule has 1 fully saturated rings. The van der Waals surface area contributed by atoms with Crippen LogP contribution in [0.25, 0.3) is 0 Å². The highest BCUT2D eigenvalue weighted by atomic mass is 35.5. The van der Waals surface area contributed by atoms with E-state index in [1.807, 2.05) is 19.9 Å². The Morgan fingerprint density at radius 2 is 2.06 bits per heavy atom. The fourth-order valence-electron chi connectivity index (χ4n) is 1.86. The molecule has 0 aromatic rings. The average Bonchev–Trinajstić information content (AvgIpc) is 2.27. The number of carbonyl (C=O) groups excluding carboxylic acids is 1. The Balaban J connectivity index is 0.00000225. The zero-order valence-electron chi connectivity index (χ0n) is 10.2. The zero-order valence-corrected chi connectivity index (χ0v) is 11.0. The van der Waals surface area contributed by atoms with Gasteiger partial charge in [-0.3, -0.25) is 4.79 Å². The van der Waals surface area contributed by atoms with Crippen molar-refractivity contribution in [1.82, 2.24) is 10.6 Å². The van der Waals surface area contributed by atoms with Crippen molar-refractivity contribution in [1.29, 1.82) is 0 Å². The van der Waals surface area contributed by atoms with E-state index >= 15 is 0 Å². The molecule has 0 radical (unpaired) electrons.